The van der Waals surface area contributed by atoms with Gasteiger partial charge in [-0.1, -0.05) is 127 Å². The van der Waals surface area contributed by atoms with E-state index in [1.165, 1.54) is 93.4 Å². The van der Waals surface area contributed by atoms with E-state index in [-0.39, 0.29) is 0 Å². The van der Waals surface area contributed by atoms with Crippen molar-refractivity contribution in [3.63, 3.8) is 0 Å². The van der Waals surface area contributed by atoms with Crippen molar-refractivity contribution in [2.24, 2.45) is 0 Å². The van der Waals surface area contributed by atoms with Gasteiger partial charge in [0.2, 0.25) is 0 Å². The summed E-state index contributed by atoms with van der Waals surface area (Å²) in [6.45, 7) is 0. The maximum Gasteiger partial charge on any atom is 0.0548 e. The molecule has 12 aromatic rings. The van der Waals surface area contributed by atoms with E-state index < -0.39 is 0 Å². The van der Waals surface area contributed by atoms with Gasteiger partial charge in [-0.2, -0.15) is 0 Å². The third-order valence-corrected chi connectivity index (χ3v) is 11.8. The van der Waals surface area contributed by atoms with E-state index in [4.69, 9.17) is 0 Å². The summed E-state index contributed by atoms with van der Waals surface area (Å²) in [5.74, 6) is 0. The van der Waals surface area contributed by atoms with Crippen LogP contribution < -0.4 is 0 Å². The second-order valence-electron chi connectivity index (χ2n) is 14.9. The van der Waals surface area contributed by atoms with E-state index in [0.717, 1.165) is 11.4 Å². The van der Waals surface area contributed by atoms with Gasteiger partial charge in [0.1, 0.15) is 0 Å². The zero-order valence-electron chi connectivity index (χ0n) is 31.0. The predicted octanol–water partition coefficient (Wildman–Crippen LogP) is 14.3. The van der Waals surface area contributed by atoms with Crippen LogP contribution in [-0.2, 0) is 0 Å². The molecule has 3 heterocycles. The molecule has 12 rings (SSSR count). The fourth-order valence-corrected chi connectivity index (χ4v) is 9.32. The van der Waals surface area contributed by atoms with E-state index in [1.807, 2.05) is 0 Å². The lowest BCUT2D eigenvalue weighted by atomic mass is 9.99. The number of benzene rings is 9. The van der Waals surface area contributed by atoms with Crippen LogP contribution in [0.25, 0.3) is 105 Å². The molecule has 0 bridgehead atoms. The van der Waals surface area contributed by atoms with Crippen molar-refractivity contribution in [1.82, 2.24) is 13.7 Å². The van der Waals surface area contributed by atoms with Crippen molar-refractivity contribution in [1.29, 1.82) is 0 Å². The average molecular weight is 726 g/mol. The zero-order chi connectivity index (χ0) is 37.5. The first-order valence-corrected chi connectivity index (χ1v) is 19.6. The van der Waals surface area contributed by atoms with E-state index in [0.29, 0.717) is 0 Å². The Kier molecular flexibility index (Phi) is 6.93. The standard InChI is InChI=1S/C54H35N3/c1-4-14-36(15-5-1)37-24-28-42(29-25-37)57-50-31-27-39(38-26-30-49-45(34-38)43-20-10-12-22-47(43)55(49)40-16-6-2-7-17-40)35-46(50)54-52(57)33-32-51-53(54)44-21-11-13-23-48(44)56(51)41-18-8-3-9-19-41/h1-35H. The fourth-order valence-electron chi connectivity index (χ4n) is 9.32. The molecule has 0 amide bonds. The third kappa shape index (κ3) is 4.79. The van der Waals surface area contributed by atoms with E-state index in [1.54, 1.807) is 0 Å². The molecule has 3 aromatic heterocycles. The monoisotopic (exact) mass is 725 g/mol. The SMILES string of the molecule is c1ccc(-c2ccc(-n3c4ccc(-c5ccc6c(c5)c5ccccc5n6-c5ccccc5)cc4c4c5c6ccccc6n(-c6ccccc6)c5ccc43)cc2)cc1. The lowest BCUT2D eigenvalue weighted by Gasteiger charge is -2.11. The first-order valence-electron chi connectivity index (χ1n) is 19.6. The summed E-state index contributed by atoms with van der Waals surface area (Å²) in [4.78, 5) is 0. The van der Waals surface area contributed by atoms with Gasteiger partial charge in [0.05, 0.1) is 33.1 Å². The Labute approximate surface area is 329 Å². The summed E-state index contributed by atoms with van der Waals surface area (Å²) in [6, 6.07) is 77.4. The maximum atomic E-state index is 2.45. The second-order valence-corrected chi connectivity index (χ2v) is 14.9. The van der Waals surface area contributed by atoms with E-state index >= 15 is 0 Å². The van der Waals surface area contributed by atoms with Crippen LogP contribution in [0.15, 0.2) is 212 Å². The molecule has 0 aliphatic carbocycles. The van der Waals surface area contributed by atoms with Gasteiger partial charge in [-0.15, -0.1) is 0 Å². The van der Waals surface area contributed by atoms with Crippen molar-refractivity contribution >= 4 is 65.4 Å². The normalized spacial score (nSPS) is 11.9. The lowest BCUT2D eigenvalue weighted by Crippen LogP contribution is -1.95. The van der Waals surface area contributed by atoms with Crippen molar-refractivity contribution in [3.8, 4) is 39.3 Å². The lowest BCUT2D eigenvalue weighted by molar-refractivity contribution is 1.17. The van der Waals surface area contributed by atoms with Crippen LogP contribution in [0, 0.1) is 0 Å². The number of fused-ring (bicyclic) bond motifs is 10. The summed E-state index contributed by atoms with van der Waals surface area (Å²) in [7, 11) is 0. The molecule has 0 saturated carbocycles. The minimum absolute atomic E-state index is 1.14. The Hall–Kier alpha value is -7.62. The van der Waals surface area contributed by atoms with Crippen molar-refractivity contribution in [3.05, 3.63) is 212 Å². The molecule has 0 aliphatic heterocycles. The van der Waals surface area contributed by atoms with Crippen LogP contribution >= 0.6 is 0 Å². The molecule has 0 radical (unpaired) electrons. The molecular formula is C54H35N3. The number of hydrogen-bond acceptors (Lipinski definition) is 0. The molecule has 9 aromatic carbocycles. The van der Waals surface area contributed by atoms with Gasteiger partial charge < -0.3 is 13.7 Å². The maximum absolute atomic E-state index is 2.45. The smallest absolute Gasteiger partial charge is 0.0548 e. The van der Waals surface area contributed by atoms with Crippen LogP contribution in [0.4, 0.5) is 0 Å². The molecule has 0 saturated heterocycles. The number of para-hydroxylation sites is 4. The number of nitrogens with zero attached hydrogens (tertiary/aromatic N) is 3. The topological polar surface area (TPSA) is 14.8 Å². The highest BCUT2D eigenvalue weighted by molar-refractivity contribution is 6.29. The van der Waals surface area contributed by atoms with Crippen LogP contribution in [0.3, 0.4) is 0 Å². The van der Waals surface area contributed by atoms with E-state index in [2.05, 4.69) is 226 Å². The average Bonchev–Trinajstić information content (AvgIpc) is 3.92. The van der Waals surface area contributed by atoms with Crippen LogP contribution in [0.5, 0.6) is 0 Å². The predicted molar refractivity (Wildman–Crippen MR) is 240 cm³/mol. The molecule has 3 heteroatoms. The first kappa shape index (κ1) is 31.7. The molecule has 3 nitrogen and oxygen atoms in total. The van der Waals surface area contributed by atoms with Gasteiger partial charge >= 0.3 is 0 Å². The van der Waals surface area contributed by atoms with E-state index in [9.17, 15) is 0 Å². The molecule has 0 aliphatic rings. The van der Waals surface area contributed by atoms with Gasteiger partial charge in [0.15, 0.2) is 0 Å². The van der Waals surface area contributed by atoms with Crippen LogP contribution in [-0.4, -0.2) is 13.7 Å². The molecule has 0 fully saturated rings. The summed E-state index contributed by atoms with van der Waals surface area (Å²) >= 11 is 0. The summed E-state index contributed by atoms with van der Waals surface area (Å²) in [6.07, 6.45) is 0. The number of aromatic nitrogens is 3. The molecule has 0 atom stereocenters. The quantitative estimate of drug-likeness (QED) is 0.168. The summed E-state index contributed by atoms with van der Waals surface area (Å²) in [5, 5.41) is 7.54. The highest BCUT2D eigenvalue weighted by Crippen LogP contribution is 2.44. The first-order chi connectivity index (χ1) is 28.3. The number of rotatable bonds is 5. The Bertz CT molecular complexity index is 3480. The highest BCUT2D eigenvalue weighted by atomic mass is 15.0. The summed E-state index contributed by atoms with van der Waals surface area (Å²) < 4.78 is 7.25. The Balaban J connectivity index is 1.14. The molecule has 57 heavy (non-hydrogen) atoms. The fraction of sp³-hybridized carbons (Fsp3) is 0. The van der Waals surface area contributed by atoms with Gasteiger partial charge in [-0.25, -0.2) is 0 Å². The summed E-state index contributed by atoms with van der Waals surface area (Å²) in [5.41, 5.74) is 15.5. The molecule has 266 valence electrons. The van der Waals surface area contributed by atoms with Gasteiger partial charge in [-0.05, 0) is 107 Å². The van der Waals surface area contributed by atoms with Gasteiger partial charge in [0, 0.05) is 49.4 Å². The highest BCUT2D eigenvalue weighted by Gasteiger charge is 2.21. The van der Waals surface area contributed by atoms with Crippen LogP contribution in [0.1, 0.15) is 0 Å². The third-order valence-electron chi connectivity index (χ3n) is 11.8. The second kappa shape index (κ2) is 12.5. The number of hydrogen-bond donors (Lipinski definition) is 0. The van der Waals surface area contributed by atoms with Gasteiger partial charge in [0.25, 0.3) is 0 Å². The van der Waals surface area contributed by atoms with Gasteiger partial charge in [-0.3, -0.25) is 0 Å². The minimum atomic E-state index is 1.14. The molecular weight excluding hydrogens is 691 g/mol. The molecule has 0 N–H and O–H groups in total. The Morgan fingerprint density at radius 3 is 1.19 bits per heavy atom. The van der Waals surface area contributed by atoms with Crippen molar-refractivity contribution in [2.75, 3.05) is 0 Å². The molecule has 0 spiro atoms. The largest absolute Gasteiger partial charge is 0.309 e. The van der Waals surface area contributed by atoms with Crippen molar-refractivity contribution in [2.45, 2.75) is 0 Å². The minimum Gasteiger partial charge on any atom is -0.309 e. The zero-order valence-corrected chi connectivity index (χ0v) is 31.0. The Morgan fingerprint density at radius 2 is 0.579 bits per heavy atom. The van der Waals surface area contributed by atoms with Crippen molar-refractivity contribution < 1.29 is 0 Å². The molecule has 0 unspecified atom stereocenters. The Morgan fingerprint density at radius 1 is 0.211 bits per heavy atom. The van der Waals surface area contributed by atoms with Crippen LogP contribution in [0.2, 0.25) is 0 Å².